The van der Waals surface area contributed by atoms with Gasteiger partial charge in [-0.15, -0.1) is 0 Å². The van der Waals surface area contributed by atoms with Crippen molar-refractivity contribution in [3.8, 4) is 5.75 Å². The number of carbonyl (C=O) groups is 2. The largest absolute Gasteiger partial charge is 0.489 e. The SMILES string of the molecule is CCOC(CCCNC(=O)c1ccc(COc2cccc(C(NC(=O)O)c3ccccc3)c2)cc1)OCC. The minimum absolute atomic E-state index is 0.132. The Bertz CT molecular complexity index is 1130. The fourth-order valence-electron chi connectivity index (χ4n) is 3.99. The number of carbonyl (C=O) groups excluding carboxylic acids is 1. The lowest BCUT2D eigenvalue weighted by atomic mass is 9.98. The van der Waals surface area contributed by atoms with Crippen molar-refractivity contribution in [3.05, 3.63) is 101 Å². The van der Waals surface area contributed by atoms with E-state index in [1.807, 2.05) is 80.6 Å². The number of ether oxygens (including phenoxy) is 3. The van der Waals surface area contributed by atoms with E-state index in [0.717, 1.165) is 29.5 Å². The molecule has 1 atom stereocenters. The van der Waals surface area contributed by atoms with Gasteiger partial charge in [0.2, 0.25) is 0 Å². The molecule has 0 saturated heterocycles. The van der Waals surface area contributed by atoms with Gasteiger partial charge in [-0.3, -0.25) is 4.79 Å². The fraction of sp³-hybridized carbons (Fsp3) is 0.333. The highest BCUT2D eigenvalue weighted by molar-refractivity contribution is 5.94. The Morgan fingerprint density at radius 3 is 2.21 bits per heavy atom. The first kappa shape index (κ1) is 28.7. The maximum atomic E-state index is 12.5. The number of rotatable bonds is 15. The van der Waals surface area contributed by atoms with E-state index in [1.54, 1.807) is 12.1 Å². The maximum absolute atomic E-state index is 12.5. The van der Waals surface area contributed by atoms with Gasteiger partial charge in [-0.25, -0.2) is 4.79 Å². The Morgan fingerprint density at radius 2 is 1.55 bits per heavy atom. The lowest BCUT2D eigenvalue weighted by Crippen LogP contribution is -2.27. The first-order chi connectivity index (χ1) is 18.5. The van der Waals surface area contributed by atoms with Crippen molar-refractivity contribution in [2.75, 3.05) is 19.8 Å². The maximum Gasteiger partial charge on any atom is 0.405 e. The minimum atomic E-state index is -1.10. The molecule has 3 aromatic carbocycles. The smallest absolute Gasteiger partial charge is 0.405 e. The predicted octanol–water partition coefficient (Wildman–Crippen LogP) is 5.53. The summed E-state index contributed by atoms with van der Waals surface area (Å²) in [4.78, 5) is 23.9. The first-order valence-electron chi connectivity index (χ1n) is 12.9. The van der Waals surface area contributed by atoms with Crippen LogP contribution in [0.25, 0.3) is 0 Å². The number of hydrogen-bond acceptors (Lipinski definition) is 5. The first-order valence-corrected chi connectivity index (χ1v) is 12.9. The van der Waals surface area contributed by atoms with Crippen molar-refractivity contribution >= 4 is 12.0 Å². The molecule has 0 aliphatic rings. The molecule has 0 saturated carbocycles. The third kappa shape index (κ3) is 9.21. The molecule has 0 heterocycles. The highest BCUT2D eigenvalue weighted by Gasteiger charge is 2.17. The topological polar surface area (TPSA) is 106 Å². The van der Waals surface area contributed by atoms with Gasteiger partial charge in [-0.1, -0.05) is 54.6 Å². The molecular formula is C30H36N2O6. The third-order valence-electron chi connectivity index (χ3n) is 5.82. The molecule has 3 N–H and O–H groups in total. The number of nitrogens with one attached hydrogen (secondary N) is 2. The van der Waals surface area contributed by atoms with Crippen LogP contribution in [-0.2, 0) is 16.1 Å². The summed E-state index contributed by atoms with van der Waals surface area (Å²) in [5.41, 5.74) is 3.10. The van der Waals surface area contributed by atoms with Crippen molar-refractivity contribution in [2.45, 2.75) is 45.6 Å². The number of carboxylic acid groups (broad SMARTS) is 1. The average molecular weight is 521 g/mol. The summed E-state index contributed by atoms with van der Waals surface area (Å²) in [6.07, 6.45) is 0.140. The van der Waals surface area contributed by atoms with Crippen molar-refractivity contribution in [2.24, 2.45) is 0 Å². The molecule has 3 rings (SSSR count). The van der Waals surface area contributed by atoms with E-state index in [2.05, 4.69) is 10.6 Å². The summed E-state index contributed by atoms with van der Waals surface area (Å²) >= 11 is 0. The quantitative estimate of drug-likeness (QED) is 0.180. The van der Waals surface area contributed by atoms with Gasteiger partial charge < -0.3 is 30.0 Å². The Hall–Kier alpha value is -3.88. The standard InChI is InChI=1S/C30H36N2O6/c1-3-36-27(37-4-2)14-9-19-31-29(33)24-17-15-22(16-18-24)21-38-26-13-8-12-25(20-26)28(32-30(34)35)23-10-6-5-7-11-23/h5-8,10-13,15-18,20,27-28,32H,3-4,9,14,19,21H2,1-2H3,(H,31,33)(H,34,35). The average Bonchev–Trinajstić information content (AvgIpc) is 2.94. The second kappa shape index (κ2) is 15.4. The lowest BCUT2D eigenvalue weighted by Gasteiger charge is -2.19. The molecule has 0 spiro atoms. The summed E-state index contributed by atoms with van der Waals surface area (Å²) in [6, 6.07) is 23.5. The Labute approximate surface area is 223 Å². The van der Waals surface area contributed by atoms with E-state index in [-0.39, 0.29) is 12.2 Å². The van der Waals surface area contributed by atoms with Crippen LogP contribution in [0, 0.1) is 0 Å². The van der Waals surface area contributed by atoms with Crippen LogP contribution in [0.3, 0.4) is 0 Å². The van der Waals surface area contributed by atoms with Crippen LogP contribution >= 0.6 is 0 Å². The van der Waals surface area contributed by atoms with E-state index in [9.17, 15) is 14.7 Å². The van der Waals surface area contributed by atoms with E-state index >= 15 is 0 Å². The molecule has 0 aliphatic carbocycles. The van der Waals surface area contributed by atoms with Gasteiger partial charge in [-0.2, -0.15) is 0 Å². The molecule has 0 bridgehead atoms. The molecule has 0 aliphatic heterocycles. The lowest BCUT2D eigenvalue weighted by molar-refractivity contribution is -0.139. The zero-order valence-corrected chi connectivity index (χ0v) is 21.9. The molecule has 0 fully saturated rings. The van der Waals surface area contributed by atoms with Crippen LogP contribution in [0.5, 0.6) is 5.75 Å². The second-order valence-electron chi connectivity index (χ2n) is 8.59. The van der Waals surface area contributed by atoms with Crippen LogP contribution in [0.2, 0.25) is 0 Å². The number of hydrogen-bond donors (Lipinski definition) is 3. The normalized spacial score (nSPS) is 11.7. The van der Waals surface area contributed by atoms with Crippen LogP contribution < -0.4 is 15.4 Å². The van der Waals surface area contributed by atoms with Crippen molar-refractivity contribution < 1.29 is 28.9 Å². The molecular weight excluding hydrogens is 484 g/mol. The Balaban J connectivity index is 1.52. The van der Waals surface area contributed by atoms with E-state index in [4.69, 9.17) is 14.2 Å². The Morgan fingerprint density at radius 1 is 0.868 bits per heavy atom. The van der Waals surface area contributed by atoms with Crippen LogP contribution in [0.1, 0.15) is 59.8 Å². The van der Waals surface area contributed by atoms with Crippen LogP contribution in [-0.4, -0.2) is 43.2 Å². The summed E-state index contributed by atoms with van der Waals surface area (Å²) in [5.74, 6) is 0.488. The third-order valence-corrected chi connectivity index (χ3v) is 5.82. The Kier molecular flexibility index (Phi) is 11.6. The zero-order valence-electron chi connectivity index (χ0n) is 21.9. The highest BCUT2D eigenvalue weighted by Crippen LogP contribution is 2.26. The van der Waals surface area contributed by atoms with Gasteiger partial charge in [0, 0.05) is 31.7 Å². The molecule has 8 nitrogen and oxygen atoms in total. The summed E-state index contributed by atoms with van der Waals surface area (Å²) in [7, 11) is 0. The van der Waals surface area contributed by atoms with Gasteiger partial charge in [0.25, 0.3) is 5.91 Å². The molecule has 1 unspecified atom stereocenters. The molecule has 8 heteroatoms. The van der Waals surface area contributed by atoms with Crippen LogP contribution in [0.15, 0.2) is 78.9 Å². The molecule has 2 amide bonds. The summed E-state index contributed by atoms with van der Waals surface area (Å²) in [5, 5.41) is 14.8. The van der Waals surface area contributed by atoms with Crippen molar-refractivity contribution in [1.29, 1.82) is 0 Å². The van der Waals surface area contributed by atoms with Crippen molar-refractivity contribution in [3.63, 3.8) is 0 Å². The molecule has 38 heavy (non-hydrogen) atoms. The summed E-state index contributed by atoms with van der Waals surface area (Å²) in [6.45, 7) is 5.90. The van der Waals surface area contributed by atoms with E-state index < -0.39 is 12.1 Å². The van der Waals surface area contributed by atoms with Gasteiger partial charge >= 0.3 is 6.09 Å². The van der Waals surface area contributed by atoms with Gasteiger partial charge in [-0.05, 0) is 61.2 Å². The minimum Gasteiger partial charge on any atom is -0.489 e. The summed E-state index contributed by atoms with van der Waals surface area (Å²) < 4.78 is 17.0. The number of benzene rings is 3. The van der Waals surface area contributed by atoms with E-state index in [0.29, 0.717) is 37.7 Å². The number of amides is 2. The van der Waals surface area contributed by atoms with Crippen LogP contribution in [0.4, 0.5) is 4.79 Å². The predicted molar refractivity (Wildman–Crippen MR) is 145 cm³/mol. The van der Waals surface area contributed by atoms with Gasteiger partial charge in [0.15, 0.2) is 6.29 Å². The van der Waals surface area contributed by atoms with E-state index in [1.165, 1.54) is 0 Å². The molecule has 0 radical (unpaired) electrons. The second-order valence-corrected chi connectivity index (χ2v) is 8.59. The fourth-order valence-corrected chi connectivity index (χ4v) is 3.99. The van der Waals surface area contributed by atoms with Crippen molar-refractivity contribution in [1.82, 2.24) is 10.6 Å². The molecule has 202 valence electrons. The highest BCUT2D eigenvalue weighted by atomic mass is 16.7. The molecule has 0 aromatic heterocycles. The van der Waals surface area contributed by atoms with Gasteiger partial charge in [0.1, 0.15) is 12.4 Å². The van der Waals surface area contributed by atoms with Gasteiger partial charge in [0.05, 0.1) is 6.04 Å². The monoisotopic (exact) mass is 520 g/mol. The zero-order chi connectivity index (χ0) is 27.2. The molecule has 3 aromatic rings.